The fraction of sp³-hybridized carbons (Fsp3) is 0.452. The van der Waals surface area contributed by atoms with Gasteiger partial charge in [-0.05, 0) is 79.1 Å². The number of benzene rings is 2. The number of aryl methyl sites for hydroxylation is 1. The normalized spacial score (nSPS) is 15.0. The number of aliphatic hydroxyl groups excluding tert-OH is 1. The first kappa shape index (κ1) is 26.2. The molecule has 2 aromatic carbocycles. The van der Waals surface area contributed by atoms with Crippen LogP contribution < -0.4 is 9.47 Å². The Balaban J connectivity index is 1.66. The third-order valence-electron chi connectivity index (χ3n) is 7.30. The lowest BCUT2D eigenvalue weighted by molar-refractivity contribution is 0.0495. The molecule has 1 aliphatic rings. The van der Waals surface area contributed by atoms with E-state index in [0.29, 0.717) is 18.2 Å². The number of rotatable bonds is 10. The SMILES string of the molecule is CCc1c(C)c(OCc2ccccc2)cc(C)c1C(O)c1ccc(OCOC)c(C2CCCCC2)n1. The molecule has 0 amide bonds. The van der Waals surface area contributed by atoms with Crippen LogP contribution in [0.25, 0.3) is 0 Å². The first-order chi connectivity index (χ1) is 17.5. The maximum atomic E-state index is 11.6. The molecule has 1 saturated carbocycles. The van der Waals surface area contributed by atoms with Crippen molar-refractivity contribution in [3.05, 3.63) is 87.7 Å². The maximum absolute atomic E-state index is 11.6. The lowest BCUT2D eigenvalue weighted by Crippen LogP contribution is -2.15. The third kappa shape index (κ3) is 5.91. The van der Waals surface area contributed by atoms with Crippen LogP contribution in [0.4, 0.5) is 0 Å². The van der Waals surface area contributed by atoms with Crippen LogP contribution in [0, 0.1) is 13.8 Å². The molecule has 1 fully saturated rings. The predicted molar refractivity (Wildman–Crippen MR) is 143 cm³/mol. The van der Waals surface area contributed by atoms with Gasteiger partial charge < -0.3 is 19.3 Å². The topological polar surface area (TPSA) is 60.8 Å². The van der Waals surface area contributed by atoms with Gasteiger partial charge in [-0.2, -0.15) is 0 Å². The Morgan fingerprint density at radius 2 is 1.72 bits per heavy atom. The van der Waals surface area contributed by atoms with E-state index >= 15 is 0 Å². The minimum absolute atomic E-state index is 0.187. The summed E-state index contributed by atoms with van der Waals surface area (Å²) in [6, 6.07) is 16.1. The van der Waals surface area contributed by atoms with Crippen LogP contribution in [0.5, 0.6) is 11.5 Å². The van der Waals surface area contributed by atoms with E-state index in [1.807, 2.05) is 43.3 Å². The van der Waals surface area contributed by atoms with Gasteiger partial charge in [-0.25, -0.2) is 0 Å². The van der Waals surface area contributed by atoms with Crippen molar-refractivity contribution in [2.75, 3.05) is 13.9 Å². The molecular formula is C31H39NO4. The summed E-state index contributed by atoms with van der Waals surface area (Å²) >= 11 is 0. The highest BCUT2D eigenvalue weighted by Crippen LogP contribution is 2.39. The van der Waals surface area contributed by atoms with Crippen molar-refractivity contribution < 1.29 is 19.3 Å². The lowest BCUT2D eigenvalue weighted by atomic mass is 9.85. The molecular weight excluding hydrogens is 450 g/mol. The molecule has 3 aromatic rings. The zero-order valence-corrected chi connectivity index (χ0v) is 22.0. The molecule has 1 aromatic heterocycles. The molecule has 192 valence electrons. The molecule has 0 spiro atoms. The van der Waals surface area contributed by atoms with Gasteiger partial charge in [0, 0.05) is 13.0 Å². The molecule has 0 radical (unpaired) electrons. The summed E-state index contributed by atoms with van der Waals surface area (Å²) in [5.41, 5.74) is 6.86. The van der Waals surface area contributed by atoms with Crippen LogP contribution in [0.3, 0.4) is 0 Å². The van der Waals surface area contributed by atoms with E-state index < -0.39 is 6.10 Å². The summed E-state index contributed by atoms with van der Waals surface area (Å²) in [6.07, 6.45) is 5.84. The molecule has 1 atom stereocenters. The van der Waals surface area contributed by atoms with E-state index in [9.17, 15) is 5.11 Å². The summed E-state index contributed by atoms with van der Waals surface area (Å²) < 4.78 is 17.2. The second-order valence-corrected chi connectivity index (χ2v) is 9.74. The second kappa shape index (κ2) is 12.4. The van der Waals surface area contributed by atoms with Gasteiger partial charge in [0.15, 0.2) is 6.79 Å². The van der Waals surface area contributed by atoms with Crippen molar-refractivity contribution in [1.82, 2.24) is 4.98 Å². The number of hydrogen-bond donors (Lipinski definition) is 1. The van der Waals surface area contributed by atoms with Crippen molar-refractivity contribution >= 4 is 0 Å². The van der Waals surface area contributed by atoms with E-state index in [-0.39, 0.29) is 6.79 Å². The molecule has 0 bridgehead atoms. The molecule has 1 N–H and O–H groups in total. The molecule has 36 heavy (non-hydrogen) atoms. The number of pyridine rings is 1. The molecule has 1 unspecified atom stereocenters. The first-order valence-electron chi connectivity index (χ1n) is 13.1. The van der Waals surface area contributed by atoms with Crippen molar-refractivity contribution in [2.45, 2.75) is 77.9 Å². The van der Waals surface area contributed by atoms with Crippen molar-refractivity contribution in [2.24, 2.45) is 0 Å². The fourth-order valence-electron chi connectivity index (χ4n) is 5.38. The molecule has 0 aliphatic heterocycles. The predicted octanol–water partition coefficient (Wildman–Crippen LogP) is 6.95. The van der Waals surface area contributed by atoms with Crippen LogP contribution in [0.1, 0.15) is 90.3 Å². The highest BCUT2D eigenvalue weighted by Gasteiger charge is 2.26. The number of aromatic nitrogens is 1. The van der Waals surface area contributed by atoms with Gasteiger partial charge in [0.25, 0.3) is 0 Å². The summed E-state index contributed by atoms with van der Waals surface area (Å²) in [4.78, 5) is 5.01. The number of nitrogens with zero attached hydrogens (tertiary/aromatic N) is 1. The minimum atomic E-state index is -0.819. The van der Waals surface area contributed by atoms with Crippen LogP contribution >= 0.6 is 0 Å². The van der Waals surface area contributed by atoms with Crippen molar-refractivity contribution in [3.8, 4) is 11.5 Å². The number of aliphatic hydroxyl groups is 1. The zero-order valence-electron chi connectivity index (χ0n) is 22.0. The highest BCUT2D eigenvalue weighted by atomic mass is 16.7. The van der Waals surface area contributed by atoms with Crippen molar-refractivity contribution in [3.63, 3.8) is 0 Å². The van der Waals surface area contributed by atoms with Crippen molar-refractivity contribution in [1.29, 1.82) is 0 Å². The molecule has 5 heteroatoms. The van der Waals surface area contributed by atoms with E-state index in [1.54, 1.807) is 7.11 Å². The Bertz CT molecular complexity index is 1140. The van der Waals surface area contributed by atoms with E-state index in [1.165, 1.54) is 19.3 Å². The summed E-state index contributed by atoms with van der Waals surface area (Å²) in [7, 11) is 1.62. The molecule has 5 nitrogen and oxygen atoms in total. The zero-order chi connectivity index (χ0) is 25.5. The Morgan fingerprint density at radius 3 is 2.42 bits per heavy atom. The Morgan fingerprint density at radius 1 is 0.972 bits per heavy atom. The first-order valence-corrected chi connectivity index (χ1v) is 13.1. The number of methoxy groups -OCH3 is 1. The smallest absolute Gasteiger partial charge is 0.188 e. The summed E-state index contributed by atoms with van der Waals surface area (Å²) in [6.45, 7) is 6.96. The lowest BCUT2D eigenvalue weighted by Gasteiger charge is -2.26. The standard InChI is InChI=1S/C31H39NO4/c1-5-25-22(3)28(35-19-23-12-8-6-9-13-23)18-21(2)29(25)31(33)26-16-17-27(36-20-34-4)30(32-26)24-14-10-7-11-15-24/h6,8-9,12-13,16-18,24,31,33H,5,7,10-11,14-15,19-20H2,1-4H3. The number of hydrogen-bond acceptors (Lipinski definition) is 5. The highest BCUT2D eigenvalue weighted by molar-refractivity contribution is 5.51. The Kier molecular flexibility index (Phi) is 9.00. The summed E-state index contributed by atoms with van der Waals surface area (Å²) in [5, 5.41) is 11.6. The number of ether oxygens (including phenoxy) is 3. The quantitative estimate of drug-likeness (QED) is 0.312. The van der Waals surface area contributed by atoms with Gasteiger partial charge in [-0.3, -0.25) is 4.98 Å². The molecule has 1 heterocycles. The Hall–Kier alpha value is -2.89. The van der Waals surface area contributed by atoms with Crippen LogP contribution in [0.2, 0.25) is 0 Å². The second-order valence-electron chi connectivity index (χ2n) is 9.74. The Labute approximate surface area is 215 Å². The van der Waals surface area contributed by atoms with Gasteiger partial charge in [-0.15, -0.1) is 0 Å². The molecule has 4 rings (SSSR count). The van der Waals surface area contributed by atoms with Gasteiger partial charge in [0.2, 0.25) is 0 Å². The average Bonchev–Trinajstić information content (AvgIpc) is 2.92. The fourth-order valence-corrected chi connectivity index (χ4v) is 5.38. The average molecular weight is 490 g/mol. The van der Waals surface area contributed by atoms with Gasteiger partial charge in [0.1, 0.15) is 24.2 Å². The maximum Gasteiger partial charge on any atom is 0.188 e. The minimum Gasteiger partial charge on any atom is -0.489 e. The van der Waals surface area contributed by atoms with Crippen LogP contribution in [-0.2, 0) is 17.8 Å². The van der Waals surface area contributed by atoms with Gasteiger partial charge in [0.05, 0.1) is 11.4 Å². The van der Waals surface area contributed by atoms with E-state index in [4.69, 9.17) is 19.2 Å². The summed E-state index contributed by atoms with van der Waals surface area (Å²) in [5.74, 6) is 1.97. The monoisotopic (exact) mass is 489 g/mol. The van der Waals surface area contributed by atoms with E-state index in [0.717, 1.165) is 64.3 Å². The largest absolute Gasteiger partial charge is 0.489 e. The third-order valence-corrected chi connectivity index (χ3v) is 7.30. The molecule has 1 aliphatic carbocycles. The van der Waals surface area contributed by atoms with Gasteiger partial charge >= 0.3 is 0 Å². The van der Waals surface area contributed by atoms with E-state index in [2.05, 4.69) is 26.0 Å². The van der Waals surface area contributed by atoms with Gasteiger partial charge in [-0.1, -0.05) is 56.5 Å². The van der Waals surface area contributed by atoms with Crippen LogP contribution in [0.15, 0.2) is 48.5 Å². The van der Waals surface area contributed by atoms with Crippen LogP contribution in [-0.4, -0.2) is 24.0 Å². The molecule has 0 saturated heterocycles.